The van der Waals surface area contributed by atoms with E-state index in [2.05, 4.69) is 168 Å². The molecule has 0 aliphatic carbocycles. The second kappa shape index (κ2) is 12.3. The molecule has 0 amide bonds. The van der Waals surface area contributed by atoms with Crippen molar-refractivity contribution in [2.45, 2.75) is 119 Å². The van der Waals surface area contributed by atoms with Gasteiger partial charge in [0.05, 0.1) is 0 Å². The van der Waals surface area contributed by atoms with Crippen LogP contribution < -0.4 is 32.8 Å². The molecule has 4 aliphatic heterocycles. The Labute approximate surface area is 358 Å². The van der Waals surface area contributed by atoms with Crippen LogP contribution in [0.3, 0.4) is 0 Å². The first-order chi connectivity index (χ1) is 28.7. The van der Waals surface area contributed by atoms with Gasteiger partial charge >= 0.3 is 0 Å². The Morgan fingerprint density at radius 3 is 0.950 bits per heavy atom. The molecule has 0 atom stereocenters. The molecule has 0 aromatic heterocycles. The van der Waals surface area contributed by atoms with Crippen LogP contribution in [0, 0.1) is 0 Å². The van der Waals surface area contributed by atoms with Crippen LogP contribution in [0.2, 0.25) is 0 Å². The molecule has 294 valence electrons. The minimum absolute atomic E-state index is 0.220. The Bertz CT molecular complexity index is 3010. The molecule has 0 N–H and O–H groups in total. The average molecular weight is 775 g/mol. The van der Waals surface area contributed by atoms with Crippen molar-refractivity contribution in [2.24, 2.45) is 0 Å². The predicted octanol–water partition coefficient (Wildman–Crippen LogP) is 12.3. The van der Waals surface area contributed by atoms with E-state index in [1.807, 2.05) is 0 Å². The maximum absolute atomic E-state index is 2.71. The number of hydrogen-bond donors (Lipinski definition) is 0. The summed E-state index contributed by atoms with van der Waals surface area (Å²) in [7, 11) is 0. The van der Waals surface area contributed by atoms with Crippen molar-refractivity contribution in [3.05, 3.63) is 118 Å². The van der Waals surface area contributed by atoms with Crippen LogP contribution in [0.1, 0.15) is 152 Å². The molecule has 0 spiro atoms. The highest BCUT2D eigenvalue weighted by Crippen LogP contribution is 2.50. The molecule has 0 saturated heterocycles. The van der Waals surface area contributed by atoms with Crippen LogP contribution >= 0.6 is 0 Å². The maximum Gasteiger partial charge on any atom is 0.244 e. The van der Waals surface area contributed by atoms with Crippen LogP contribution in [-0.4, -0.2) is 13.4 Å². The summed E-state index contributed by atoms with van der Waals surface area (Å²) < 4.78 is 0. The first-order valence-electron chi connectivity index (χ1n) is 23.2. The Morgan fingerprint density at radius 2 is 0.617 bits per heavy atom. The molecule has 60 heavy (non-hydrogen) atoms. The number of rotatable bonds is 6. The normalized spacial score (nSPS) is 14.2. The Hall–Kier alpha value is -5.07. The fourth-order valence-corrected chi connectivity index (χ4v) is 12.5. The summed E-state index contributed by atoms with van der Waals surface area (Å²) in [5.74, 6) is 2.60. The third-order valence-corrected chi connectivity index (χ3v) is 15.7. The van der Waals surface area contributed by atoms with E-state index in [-0.39, 0.29) is 13.4 Å². The van der Waals surface area contributed by atoms with Crippen molar-refractivity contribution in [3.8, 4) is 44.5 Å². The average Bonchev–Trinajstić information content (AvgIpc) is 3.73. The molecular weight excluding hydrogens is 718 g/mol. The summed E-state index contributed by atoms with van der Waals surface area (Å²) in [4.78, 5) is 0. The summed E-state index contributed by atoms with van der Waals surface area (Å²) >= 11 is 0. The largest absolute Gasteiger partial charge is 0.244 e. The first-order valence-corrected chi connectivity index (χ1v) is 23.2. The van der Waals surface area contributed by atoms with Gasteiger partial charge in [-0.25, -0.2) is 0 Å². The van der Waals surface area contributed by atoms with Gasteiger partial charge in [0.1, 0.15) is 0 Å². The number of fused-ring (bicyclic) bond motifs is 10. The van der Waals surface area contributed by atoms with E-state index in [0.29, 0.717) is 35.5 Å². The summed E-state index contributed by atoms with van der Waals surface area (Å²) in [5.41, 5.74) is 29.5. The molecule has 0 unspecified atom stereocenters. The van der Waals surface area contributed by atoms with Gasteiger partial charge in [-0.15, -0.1) is 0 Å². The molecule has 8 aromatic carbocycles. The third kappa shape index (κ3) is 4.56. The van der Waals surface area contributed by atoms with Crippen molar-refractivity contribution in [3.63, 3.8) is 0 Å². The van der Waals surface area contributed by atoms with Crippen LogP contribution in [0.4, 0.5) is 0 Å². The standard InChI is InChI=1S/C58H56B2/c1-27(2)33-13-15-49-39(17-33)45-19-35(29(5)6)21-47-41-23-37(31(9)10)44-26-52-54-42(24-38(32(11)12)43-25-51(59(49)57(45)47)53(41)55(44)56(43)54)48-22-36(30(7)8)20-46-40-18-34(28(3)4)14-16-50(40)60(52)58(46)48/h13-32H,1-12H3. The van der Waals surface area contributed by atoms with E-state index < -0.39 is 0 Å². The van der Waals surface area contributed by atoms with Gasteiger partial charge in [0.15, 0.2) is 0 Å². The van der Waals surface area contributed by atoms with Crippen molar-refractivity contribution < 1.29 is 0 Å². The lowest BCUT2D eigenvalue weighted by Gasteiger charge is -2.34. The fraction of sp³-hybridized carbons (Fsp3) is 0.310. The van der Waals surface area contributed by atoms with E-state index in [9.17, 15) is 0 Å². The van der Waals surface area contributed by atoms with Crippen LogP contribution in [-0.2, 0) is 0 Å². The Kier molecular flexibility index (Phi) is 7.52. The fourth-order valence-electron chi connectivity index (χ4n) is 12.5. The van der Waals surface area contributed by atoms with Gasteiger partial charge in [-0.05, 0) is 158 Å². The molecule has 4 aliphatic rings. The molecule has 4 heterocycles. The smallest absolute Gasteiger partial charge is 0.0661 e. The molecule has 12 rings (SSSR count). The van der Waals surface area contributed by atoms with E-state index in [0.717, 1.165) is 0 Å². The van der Waals surface area contributed by atoms with Gasteiger partial charge in [0.2, 0.25) is 13.4 Å². The van der Waals surface area contributed by atoms with Crippen LogP contribution in [0.15, 0.2) is 84.9 Å². The van der Waals surface area contributed by atoms with Crippen molar-refractivity contribution in [1.82, 2.24) is 0 Å². The topological polar surface area (TPSA) is 0 Å². The lowest BCUT2D eigenvalue weighted by molar-refractivity contribution is 0.866. The lowest BCUT2D eigenvalue weighted by Crippen LogP contribution is -2.53. The van der Waals surface area contributed by atoms with Crippen molar-refractivity contribution >= 4 is 78.5 Å². The zero-order valence-corrected chi connectivity index (χ0v) is 37.7. The zero-order valence-electron chi connectivity index (χ0n) is 37.7. The van der Waals surface area contributed by atoms with E-state index in [1.165, 1.54) is 143 Å². The SMILES string of the molecule is CC(C)c1ccc2c(c1)-c1cc(C(C)C)cc3c1B2c1cc2c(C(C)C)cc4c5c(cc6c(C(C)C)cc-3c1c6c25)B1c2ccc(C(C)C)cc2-c2cc(C(C)C)cc-4c21. The molecule has 0 nitrogen and oxygen atoms in total. The molecule has 0 bridgehead atoms. The second-order valence-electron chi connectivity index (χ2n) is 21.1. The van der Waals surface area contributed by atoms with Crippen LogP contribution in [0.25, 0.3) is 76.8 Å². The molecule has 8 aromatic rings. The summed E-state index contributed by atoms with van der Waals surface area (Å²) in [5, 5.41) is 8.97. The summed E-state index contributed by atoms with van der Waals surface area (Å²) in [6, 6.07) is 36.0. The first kappa shape index (κ1) is 36.8. The van der Waals surface area contributed by atoms with Gasteiger partial charge in [-0.2, -0.15) is 0 Å². The predicted molar refractivity (Wildman–Crippen MR) is 266 cm³/mol. The van der Waals surface area contributed by atoms with Crippen LogP contribution in [0.5, 0.6) is 0 Å². The Balaban J connectivity index is 1.29. The second-order valence-corrected chi connectivity index (χ2v) is 21.1. The van der Waals surface area contributed by atoms with E-state index in [1.54, 1.807) is 0 Å². The van der Waals surface area contributed by atoms with E-state index >= 15 is 0 Å². The van der Waals surface area contributed by atoms with Gasteiger partial charge in [0.25, 0.3) is 0 Å². The van der Waals surface area contributed by atoms with Gasteiger partial charge in [0, 0.05) is 0 Å². The highest BCUT2D eigenvalue weighted by molar-refractivity contribution is 7.03. The van der Waals surface area contributed by atoms with Gasteiger partial charge in [-0.3, -0.25) is 0 Å². The summed E-state index contributed by atoms with van der Waals surface area (Å²) in [6.45, 7) is 29.0. The highest BCUT2D eigenvalue weighted by Gasteiger charge is 2.45. The monoisotopic (exact) mass is 774 g/mol. The molecular formula is C58H56B2. The lowest BCUT2D eigenvalue weighted by atomic mass is 9.34. The Morgan fingerprint density at radius 1 is 0.283 bits per heavy atom. The summed E-state index contributed by atoms with van der Waals surface area (Å²) in [6.07, 6.45) is 0. The molecule has 0 fully saturated rings. The van der Waals surface area contributed by atoms with Crippen molar-refractivity contribution in [1.29, 1.82) is 0 Å². The maximum atomic E-state index is 2.71. The third-order valence-electron chi connectivity index (χ3n) is 15.7. The minimum atomic E-state index is 0.220. The van der Waals surface area contributed by atoms with Crippen molar-refractivity contribution in [2.75, 3.05) is 0 Å². The quantitative estimate of drug-likeness (QED) is 0.117. The van der Waals surface area contributed by atoms with Gasteiger partial charge in [-0.1, -0.05) is 189 Å². The number of benzene rings is 8. The molecule has 0 saturated carbocycles. The molecule has 0 radical (unpaired) electrons. The minimum Gasteiger partial charge on any atom is -0.0661 e. The molecule has 2 heteroatoms. The number of hydrogen-bond acceptors (Lipinski definition) is 0. The highest BCUT2D eigenvalue weighted by atomic mass is 14.4. The zero-order chi connectivity index (χ0) is 41.5. The van der Waals surface area contributed by atoms with E-state index in [4.69, 9.17) is 0 Å². The van der Waals surface area contributed by atoms with Gasteiger partial charge < -0.3 is 0 Å².